The third-order valence-corrected chi connectivity index (χ3v) is 3.16. The van der Waals surface area contributed by atoms with Crippen molar-refractivity contribution in [3.05, 3.63) is 65.2 Å². The number of benzene rings is 2. The minimum Gasteiger partial charge on any atom is -0.493 e. The van der Waals surface area contributed by atoms with E-state index in [2.05, 4.69) is 24.3 Å². The summed E-state index contributed by atoms with van der Waals surface area (Å²) in [5.41, 5.74) is 3.27. The standard InChI is InChI=1S/C17H20O2/c1-14-7-5-11-16(13-18)17(14)19-12-6-10-15-8-3-2-4-9-15/h2-5,7-9,11,18H,6,10,12-13H2,1H3. The van der Waals surface area contributed by atoms with Gasteiger partial charge in [0, 0.05) is 5.56 Å². The Morgan fingerprint density at radius 3 is 2.53 bits per heavy atom. The lowest BCUT2D eigenvalue weighted by atomic mass is 10.1. The summed E-state index contributed by atoms with van der Waals surface area (Å²) in [7, 11) is 0. The van der Waals surface area contributed by atoms with Gasteiger partial charge < -0.3 is 9.84 Å². The van der Waals surface area contributed by atoms with Crippen LogP contribution in [0.4, 0.5) is 0 Å². The van der Waals surface area contributed by atoms with E-state index in [0.29, 0.717) is 6.61 Å². The van der Waals surface area contributed by atoms with Crippen molar-refractivity contribution < 1.29 is 9.84 Å². The number of hydrogen-bond acceptors (Lipinski definition) is 2. The largest absolute Gasteiger partial charge is 0.493 e. The second kappa shape index (κ2) is 6.95. The average molecular weight is 256 g/mol. The molecule has 0 unspecified atom stereocenters. The van der Waals surface area contributed by atoms with Gasteiger partial charge >= 0.3 is 0 Å². The number of rotatable bonds is 6. The number of aliphatic hydroxyl groups is 1. The van der Waals surface area contributed by atoms with Crippen LogP contribution >= 0.6 is 0 Å². The molecule has 2 aromatic carbocycles. The molecule has 0 radical (unpaired) electrons. The molecule has 2 aromatic rings. The topological polar surface area (TPSA) is 29.5 Å². The minimum absolute atomic E-state index is 0.0235. The molecule has 0 aromatic heterocycles. The lowest BCUT2D eigenvalue weighted by Gasteiger charge is -2.12. The molecule has 2 rings (SSSR count). The van der Waals surface area contributed by atoms with Crippen molar-refractivity contribution in [3.8, 4) is 5.75 Å². The van der Waals surface area contributed by atoms with Gasteiger partial charge in [0.2, 0.25) is 0 Å². The Balaban J connectivity index is 1.86. The van der Waals surface area contributed by atoms with Crippen LogP contribution in [0.2, 0.25) is 0 Å². The van der Waals surface area contributed by atoms with Gasteiger partial charge in [-0.1, -0.05) is 48.5 Å². The van der Waals surface area contributed by atoms with E-state index < -0.39 is 0 Å². The highest BCUT2D eigenvalue weighted by Crippen LogP contribution is 2.23. The van der Waals surface area contributed by atoms with Gasteiger partial charge in [0.25, 0.3) is 0 Å². The number of ether oxygens (including phenoxy) is 1. The highest BCUT2D eigenvalue weighted by Gasteiger charge is 2.05. The van der Waals surface area contributed by atoms with E-state index in [1.54, 1.807) is 0 Å². The monoisotopic (exact) mass is 256 g/mol. The van der Waals surface area contributed by atoms with E-state index in [0.717, 1.165) is 29.7 Å². The Kier molecular flexibility index (Phi) is 4.99. The fraction of sp³-hybridized carbons (Fsp3) is 0.294. The Morgan fingerprint density at radius 1 is 1.00 bits per heavy atom. The zero-order valence-corrected chi connectivity index (χ0v) is 11.3. The summed E-state index contributed by atoms with van der Waals surface area (Å²) in [5.74, 6) is 0.832. The van der Waals surface area contributed by atoms with E-state index in [9.17, 15) is 5.11 Å². The molecule has 1 N–H and O–H groups in total. The zero-order chi connectivity index (χ0) is 13.5. The SMILES string of the molecule is Cc1cccc(CO)c1OCCCc1ccccc1. The summed E-state index contributed by atoms with van der Waals surface area (Å²) in [6, 6.07) is 16.3. The molecule has 0 atom stereocenters. The molecule has 0 aliphatic rings. The van der Waals surface area contributed by atoms with Crippen LogP contribution in [-0.4, -0.2) is 11.7 Å². The molecule has 0 aliphatic heterocycles. The van der Waals surface area contributed by atoms with Crippen LogP contribution < -0.4 is 4.74 Å². The summed E-state index contributed by atoms with van der Waals surface area (Å²) < 4.78 is 5.82. The molecule has 0 fully saturated rings. The summed E-state index contributed by atoms with van der Waals surface area (Å²) in [5, 5.41) is 9.30. The molecule has 0 spiro atoms. The van der Waals surface area contributed by atoms with Gasteiger partial charge in [-0.3, -0.25) is 0 Å². The molecule has 2 heteroatoms. The lowest BCUT2D eigenvalue weighted by molar-refractivity contribution is 0.260. The fourth-order valence-corrected chi connectivity index (χ4v) is 2.14. The third-order valence-electron chi connectivity index (χ3n) is 3.16. The van der Waals surface area contributed by atoms with Gasteiger partial charge in [0.1, 0.15) is 5.75 Å². The van der Waals surface area contributed by atoms with Crippen LogP contribution in [-0.2, 0) is 13.0 Å². The van der Waals surface area contributed by atoms with Crippen LogP contribution in [0.1, 0.15) is 23.1 Å². The van der Waals surface area contributed by atoms with Crippen molar-refractivity contribution in [2.75, 3.05) is 6.61 Å². The molecule has 2 nitrogen and oxygen atoms in total. The highest BCUT2D eigenvalue weighted by atomic mass is 16.5. The van der Waals surface area contributed by atoms with Crippen molar-refractivity contribution in [2.24, 2.45) is 0 Å². The van der Waals surface area contributed by atoms with Crippen LogP contribution in [0.5, 0.6) is 5.75 Å². The van der Waals surface area contributed by atoms with Gasteiger partial charge in [0.05, 0.1) is 13.2 Å². The third kappa shape index (κ3) is 3.83. The zero-order valence-electron chi connectivity index (χ0n) is 11.3. The molecule has 0 bridgehead atoms. The summed E-state index contributed by atoms with van der Waals surface area (Å²) in [6.07, 6.45) is 1.99. The van der Waals surface area contributed by atoms with Crippen molar-refractivity contribution in [2.45, 2.75) is 26.4 Å². The second-order valence-electron chi connectivity index (χ2n) is 4.66. The first-order valence-electron chi connectivity index (χ1n) is 6.67. The molecular formula is C17H20O2. The number of aryl methyl sites for hydroxylation is 2. The van der Waals surface area contributed by atoms with Crippen LogP contribution in [0.25, 0.3) is 0 Å². The van der Waals surface area contributed by atoms with Crippen LogP contribution in [0, 0.1) is 6.92 Å². The number of aliphatic hydroxyl groups excluding tert-OH is 1. The quantitative estimate of drug-likeness (QED) is 0.802. The van der Waals surface area contributed by atoms with E-state index in [4.69, 9.17) is 4.74 Å². The maximum atomic E-state index is 9.30. The second-order valence-corrected chi connectivity index (χ2v) is 4.66. The summed E-state index contributed by atoms with van der Waals surface area (Å²) >= 11 is 0. The maximum Gasteiger partial charge on any atom is 0.127 e. The number of hydrogen-bond donors (Lipinski definition) is 1. The summed E-state index contributed by atoms with van der Waals surface area (Å²) in [6.45, 7) is 2.70. The van der Waals surface area contributed by atoms with Gasteiger partial charge in [-0.25, -0.2) is 0 Å². The van der Waals surface area contributed by atoms with E-state index >= 15 is 0 Å². The van der Waals surface area contributed by atoms with E-state index in [1.165, 1.54) is 5.56 Å². The van der Waals surface area contributed by atoms with Crippen molar-refractivity contribution in [3.63, 3.8) is 0 Å². The normalized spacial score (nSPS) is 10.4. The lowest BCUT2D eigenvalue weighted by Crippen LogP contribution is -2.03. The first-order valence-corrected chi connectivity index (χ1v) is 6.67. The van der Waals surface area contributed by atoms with Crippen molar-refractivity contribution in [1.29, 1.82) is 0 Å². The Labute approximate surface area is 114 Å². The molecule has 0 saturated carbocycles. The maximum absolute atomic E-state index is 9.30. The average Bonchev–Trinajstić information content (AvgIpc) is 2.46. The van der Waals surface area contributed by atoms with Gasteiger partial charge in [-0.15, -0.1) is 0 Å². The van der Waals surface area contributed by atoms with Crippen LogP contribution in [0.3, 0.4) is 0 Å². The minimum atomic E-state index is 0.0235. The molecule has 0 aliphatic carbocycles. The molecule has 0 heterocycles. The molecular weight excluding hydrogens is 236 g/mol. The van der Waals surface area contributed by atoms with Gasteiger partial charge in [-0.05, 0) is 30.9 Å². The predicted molar refractivity (Wildman–Crippen MR) is 77.4 cm³/mol. The van der Waals surface area contributed by atoms with Gasteiger partial charge in [-0.2, -0.15) is 0 Å². The fourth-order valence-electron chi connectivity index (χ4n) is 2.14. The molecule has 0 saturated heterocycles. The smallest absolute Gasteiger partial charge is 0.127 e. The first-order chi connectivity index (χ1) is 9.31. The summed E-state index contributed by atoms with van der Waals surface area (Å²) in [4.78, 5) is 0. The molecule has 100 valence electrons. The van der Waals surface area contributed by atoms with Gasteiger partial charge in [0.15, 0.2) is 0 Å². The van der Waals surface area contributed by atoms with Crippen molar-refractivity contribution >= 4 is 0 Å². The van der Waals surface area contributed by atoms with E-state index in [-0.39, 0.29) is 6.61 Å². The van der Waals surface area contributed by atoms with Crippen molar-refractivity contribution in [1.82, 2.24) is 0 Å². The molecule has 19 heavy (non-hydrogen) atoms. The Morgan fingerprint density at radius 2 is 1.79 bits per heavy atom. The first kappa shape index (κ1) is 13.6. The van der Waals surface area contributed by atoms with Crippen LogP contribution in [0.15, 0.2) is 48.5 Å². The Bertz CT molecular complexity index is 506. The highest BCUT2D eigenvalue weighted by molar-refractivity contribution is 5.40. The Hall–Kier alpha value is -1.80. The predicted octanol–water partition coefficient (Wildman–Crippen LogP) is 3.50. The van der Waals surface area contributed by atoms with E-state index in [1.807, 2.05) is 31.2 Å². The molecule has 0 amide bonds. The number of para-hydroxylation sites is 1.